The SMILES string of the molecule is CC(C)(C)OC(=O)NC[C@H]1CC[C@@H](COc2ccc(F)c(F)c2)CO1. The Labute approximate surface area is 146 Å². The summed E-state index contributed by atoms with van der Waals surface area (Å²) in [6.45, 7) is 6.68. The fourth-order valence-corrected chi connectivity index (χ4v) is 2.44. The summed E-state index contributed by atoms with van der Waals surface area (Å²) in [6.07, 6.45) is 1.12. The van der Waals surface area contributed by atoms with Crippen LogP contribution in [0.2, 0.25) is 0 Å². The van der Waals surface area contributed by atoms with Crippen LogP contribution in [0.15, 0.2) is 18.2 Å². The molecule has 1 amide bonds. The van der Waals surface area contributed by atoms with Crippen molar-refractivity contribution in [2.75, 3.05) is 19.8 Å². The molecule has 2 atom stereocenters. The molecule has 1 N–H and O–H groups in total. The predicted molar refractivity (Wildman–Crippen MR) is 88.6 cm³/mol. The van der Waals surface area contributed by atoms with Gasteiger partial charge in [-0.05, 0) is 45.7 Å². The van der Waals surface area contributed by atoms with Gasteiger partial charge in [-0.2, -0.15) is 0 Å². The van der Waals surface area contributed by atoms with Gasteiger partial charge in [-0.15, -0.1) is 0 Å². The van der Waals surface area contributed by atoms with E-state index in [9.17, 15) is 13.6 Å². The fourth-order valence-electron chi connectivity index (χ4n) is 2.44. The number of alkyl carbamates (subject to hydrolysis) is 1. The Morgan fingerprint density at radius 3 is 2.64 bits per heavy atom. The average Bonchev–Trinajstić information content (AvgIpc) is 2.53. The van der Waals surface area contributed by atoms with Crippen molar-refractivity contribution in [2.45, 2.75) is 45.3 Å². The Morgan fingerprint density at radius 2 is 2.04 bits per heavy atom. The van der Waals surface area contributed by atoms with Crippen molar-refractivity contribution in [3.63, 3.8) is 0 Å². The molecule has 0 spiro atoms. The fraction of sp³-hybridized carbons (Fsp3) is 0.611. The van der Waals surface area contributed by atoms with Crippen molar-refractivity contribution in [3.8, 4) is 5.75 Å². The standard InChI is InChI=1S/C18H25F2NO4/c1-18(2,3)25-17(22)21-9-14-5-4-12(11-24-14)10-23-13-6-7-15(19)16(20)8-13/h6-8,12,14H,4-5,9-11H2,1-3H3,(H,21,22)/t12-,14+/m0/s1. The van der Waals surface area contributed by atoms with Crippen LogP contribution >= 0.6 is 0 Å². The molecule has 0 bridgehead atoms. The zero-order valence-electron chi connectivity index (χ0n) is 14.8. The van der Waals surface area contributed by atoms with Gasteiger partial charge in [0.1, 0.15) is 11.4 Å². The summed E-state index contributed by atoms with van der Waals surface area (Å²) in [7, 11) is 0. The molecule has 1 saturated heterocycles. The highest BCUT2D eigenvalue weighted by Crippen LogP contribution is 2.21. The number of carbonyl (C=O) groups excluding carboxylic acids is 1. The Hall–Kier alpha value is -1.89. The van der Waals surface area contributed by atoms with Gasteiger partial charge in [0.15, 0.2) is 11.6 Å². The van der Waals surface area contributed by atoms with E-state index >= 15 is 0 Å². The molecule has 1 aliphatic rings. The molecule has 25 heavy (non-hydrogen) atoms. The topological polar surface area (TPSA) is 56.8 Å². The van der Waals surface area contributed by atoms with Gasteiger partial charge in [0.25, 0.3) is 0 Å². The highest BCUT2D eigenvalue weighted by Gasteiger charge is 2.24. The molecule has 7 heteroatoms. The minimum absolute atomic E-state index is 0.0629. The maximum Gasteiger partial charge on any atom is 0.407 e. The number of ether oxygens (including phenoxy) is 3. The monoisotopic (exact) mass is 357 g/mol. The third kappa shape index (κ3) is 6.86. The van der Waals surface area contributed by atoms with E-state index < -0.39 is 23.3 Å². The zero-order chi connectivity index (χ0) is 18.4. The molecule has 0 radical (unpaired) electrons. The van der Waals surface area contributed by atoms with Crippen LogP contribution in [-0.4, -0.2) is 37.6 Å². The highest BCUT2D eigenvalue weighted by atomic mass is 19.2. The zero-order valence-corrected chi connectivity index (χ0v) is 14.8. The average molecular weight is 357 g/mol. The van der Waals surface area contributed by atoms with Gasteiger partial charge in [0.2, 0.25) is 0 Å². The first-order valence-electron chi connectivity index (χ1n) is 8.39. The van der Waals surface area contributed by atoms with Crippen LogP contribution in [0.4, 0.5) is 13.6 Å². The second-order valence-corrected chi connectivity index (χ2v) is 7.17. The third-order valence-electron chi connectivity index (χ3n) is 3.71. The quantitative estimate of drug-likeness (QED) is 0.874. The molecule has 1 aromatic carbocycles. The molecular weight excluding hydrogens is 332 g/mol. The summed E-state index contributed by atoms with van der Waals surface area (Å²) < 4.78 is 42.4. The van der Waals surface area contributed by atoms with Crippen molar-refractivity contribution in [1.82, 2.24) is 5.32 Å². The van der Waals surface area contributed by atoms with Gasteiger partial charge in [-0.25, -0.2) is 13.6 Å². The van der Waals surface area contributed by atoms with Crippen LogP contribution in [-0.2, 0) is 9.47 Å². The van der Waals surface area contributed by atoms with E-state index in [4.69, 9.17) is 14.2 Å². The van der Waals surface area contributed by atoms with E-state index in [0.29, 0.717) is 25.5 Å². The lowest BCUT2D eigenvalue weighted by atomic mass is 9.99. The summed E-state index contributed by atoms with van der Waals surface area (Å²) in [5, 5.41) is 2.70. The Kier molecular flexibility index (Phi) is 6.58. The van der Waals surface area contributed by atoms with Crippen LogP contribution in [0, 0.1) is 17.6 Å². The molecule has 1 aliphatic heterocycles. The third-order valence-corrected chi connectivity index (χ3v) is 3.71. The summed E-state index contributed by atoms with van der Waals surface area (Å²) in [5.41, 5.74) is -0.528. The van der Waals surface area contributed by atoms with Crippen LogP contribution < -0.4 is 10.1 Å². The van der Waals surface area contributed by atoms with Crippen LogP contribution in [0.3, 0.4) is 0 Å². The lowest BCUT2D eigenvalue weighted by molar-refractivity contribution is -0.0273. The summed E-state index contributed by atoms with van der Waals surface area (Å²) in [6, 6.07) is 3.47. The van der Waals surface area contributed by atoms with Crippen LogP contribution in [0.25, 0.3) is 0 Å². The normalized spacial score (nSPS) is 20.8. The first-order chi connectivity index (χ1) is 11.7. The molecule has 0 saturated carbocycles. The van der Waals surface area contributed by atoms with E-state index in [1.807, 2.05) is 0 Å². The lowest BCUT2D eigenvalue weighted by Crippen LogP contribution is -2.40. The van der Waals surface area contributed by atoms with Gasteiger partial charge < -0.3 is 19.5 Å². The van der Waals surface area contributed by atoms with E-state index in [1.165, 1.54) is 6.07 Å². The van der Waals surface area contributed by atoms with Crippen molar-refractivity contribution in [3.05, 3.63) is 29.8 Å². The Morgan fingerprint density at radius 1 is 1.28 bits per heavy atom. The number of hydrogen-bond acceptors (Lipinski definition) is 4. The lowest BCUT2D eigenvalue weighted by Gasteiger charge is -2.29. The second-order valence-electron chi connectivity index (χ2n) is 7.17. The second kappa shape index (κ2) is 8.47. The largest absolute Gasteiger partial charge is 0.493 e. The number of rotatable bonds is 5. The molecule has 2 rings (SSSR count). The first kappa shape index (κ1) is 19.4. The highest BCUT2D eigenvalue weighted by molar-refractivity contribution is 5.67. The smallest absolute Gasteiger partial charge is 0.407 e. The maximum atomic E-state index is 13.1. The number of carbonyl (C=O) groups is 1. The molecule has 1 aromatic rings. The van der Waals surface area contributed by atoms with Crippen molar-refractivity contribution >= 4 is 6.09 Å². The van der Waals surface area contributed by atoms with E-state index in [2.05, 4.69) is 5.32 Å². The van der Waals surface area contributed by atoms with Crippen molar-refractivity contribution in [1.29, 1.82) is 0 Å². The van der Waals surface area contributed by atoms with Gasteiger partial charge >= 0.3 is 6.09 Å². The Balaban J connectivity index is 1.66. The predicted octanol–water partition coefficient (Wildman–Crippen LogP) is 3.66. The number of benzene rings is 1. The summed E-state index contributed by atoms with van der Waals surface area (Å²) in [5.74, 6) is -1.35. The van der Waals surface area contributed by atoms with Gasteiger partial charge in [0.05, 0.1) is 19.3 Å². The van der Waals surface area contributed by atoms with Crippen LogP contribution in [0.1, 0.15) is 33.6 Å². The van der Waals surface area contributed by atoms with Gasteiger partial charge in [-0.3, -0.25) is 0 Å². The number of nitrogens with one attached hydrogen (secondary N) is 1. The first-order valence-corrected chi connectivity index (χ1v) is 8.39. The Bertz CT molecular complexity index is 581. The number of halogens is 2. The van der Waals surface area contributed by atoms with E-state index in [-0.39, 0.29) is 12.0 Å². The van der Waals surface area contributed by atoms with Crippen molar-refractivity contribution < 1.29 is 27.8 Å². The summed E-state index contributed by atoms with van der Waals surface area (Å²) in [4.78, 5) is 11.6. The van der Waals surface area contributed by atoms with E-state index in [1.54, 1.807) is 20.8 Å². The molecule has 1 heterocycles. The molecule has 1 fully saturated rings. The molecule has 0 aromatic heterocycles. The molecule has 140 valence electrons. The minimum atomic E-state index is -0.925. The maximum absolute atomic E-state index is 13.1. The van der Waals surface area contributed by atoms with Crippen LogP contribution in [0.5, 0.6) is 5.75 Å². The number of hydrogen-bond donors (Lipinski definition) is 1. The van der Waals surface area contributed by atoms with Gasteiger partial charge in [0, 0.05) is 18.5 Å². The minimum Gasteiger partial charge on any atom is -0.493 e. The molecule has 0 unspecified atom stereocenters. The summed E-state index contributed by atoms with van der Waals surface area (Å²) >= 11 is 0. The molecule has 0 aliphatic carbocycles. The van der Waals surface area contributed by atoms with Crippen molar-refractivity contribution in [2.24, 2.45) is 5.92 Å². The number of amides is 1. The molecular formula is C18H25F2NO4. The van der Waals surface area contributed by atoms with E-state index in [0.717, 1.165) is 25.0 Å². The molecule has 5 nitrogen and oxygen atoms in total. The van der Waals surface area contributed by atoms with Gasteiger partial charge in [-0.1, -0.05) is 0 Å².